The highest BCUT2D eigenvalue weighted by atomic mass is 19.4. The maximum Gasteiger partial charge on any atom is 0.417 e. The summed E-state index contributed by atoms with van der Waals surface area (Å²) in [7, 11) is 0. The van der Waals surface area contributed by atoms with Crippen molar-refractivity contribution >= 4 is 16.7 Å². The highest BCUT2D eigenvalue weighted by Gasteiger charge is 2.34. The van der Waals surface area contributed by atoms with Gasteiger partial charge in [0.1, 0.15) is 5.82 Å². The Hall–Kier alpha value is -2.90. The van der Waals surface area contributed by atoms with Crippen molar-refractivity contribution in [3.8, 4) is 11.4 Å². The predicted molar refractivity (Wildman–Crippen MR) is 73.2 cm³/mol. The highest BCUT2D eigenvalue weighted by Crippen LogP contribution is 2.36. The number of nitro groups is 1. The molecule has 0 aliphatic carbocycles. The van der Waals surface area contributed by atoms with E-state index in [4.69, 9.17) is 0 Å². The molecule has 0 spiro atoms. The van der Waals surface area contributed by atoms with E-state index in [1.807, 2.05) is 0 Å². The largest absolute Gasteiger partial charge is 0.417 e. The first kappa shape index (κ1) is 14.1. The van der Waals surface area contributed by atoms with E-state index in [1.165, 1.54) is 36.4 Å². The minimum atomic E-state index is -4.51. The molecule has 5 nitrogen and oxygen atoms in total. The molecule has 0 radical (unpaired) electrons. The van der Waals surface area contributed by atoms with E-state index in [0.29, 0.717) is 11.0 Å². The van der Waals surface area contributed by atoms with Crippen LogP contribution in [0.5, 0.6) is 0 Å². The Kier molecular flexibility index (Phi) is 3.09. The zero-order valence-corrected chi connectivity index (χ0v) is 10.9. The smallest absolute Gasteiger partial charge is 0.338 e. The highest BCUT2D eigenvalue weighted by molar-refractivity contribution is 5.82. The number of aromatic amines is 1. The Morgan fingerprint density at radius 3 is 2.55 bits per heavy atom. The van der Waals surface area contributed by atoms with E-state index >= 15 is 0 Å². The molecule has 1 heterocycles. The molecule has 3 aromatic rings. The lowest BCUT2D eigenvalue weighted by Crippen LogP contribution is -2.07. The molecule has 0 aliphatic rings. The van der Waals surface area contributed by atoms with Crippen LogP contribution in [0, 0.1) is 10.1 Å². The lowest BCUT2D eigenvalue weighted by Gasteiger charge is -2.10. The van der Waals surface area contributed by atoms with Crippen LogP contribution < -0.4 is 0 Å². The van der Waals surface area contributed by atoms with Gasteiger partial charge in [0.05, 0.1) is 21.5 Å². The Balaban J connectivity index is 2.18. The van der Waals surface area contributed by atoms with E-state index in [2.05, 4.69) is 9.97 Å². The van der Waals surface area contributed by atoms with Crippen molar-refractivity contribution in [1.29, 1.82) is 0 Å². The molecule has 112 valence electrons. The molecule has 22 heavy (non-hydrogen) atoms. The Morgan fingerprint density at radius 2 is 1.86 bits per heavy atom. The summed E-state index contributed by atoms with van der Waals surface area (Å²) in [4.78, 5) is 16.9. The first-order valence-corrected chi connectivity index (χ1v) is 6.17. The van der Waals surface area contributed by atoms with E-state index in [9.17, 15) is 23.3 Å². The molecule has 8 heteroatoms. The molecule has 2 aromatic carbocycles. The van der Waals surface area contributed by atoms with Gasteiger partial charge < -0.3 is 4.98 Å². The third-order valence-corrected chi connectivity index (χ3v) is 3.16. The van der Waals surface area contributed by atoms with Crippen LogP contribution >= 0.6 is 0 Å². The third-order valence-electron chi connectivity index (χ3n) is 3.16. The molecule has 0 unspecified atom stereocenters. The average molecular weight is 307 g/mol. The molecule has 1 aromatic heterocycles. The summed E-state index contributed by atoms with van der Waals surface area (Å²) in [5.74, 6) is 0.0171. The number of fused-ring (bicyclic) bond motifs is 1. The Morgan fingerprint density at radius 1 is 1.14 bits per heavy atom. The van der Waals surface area contributed by atoms with E-state index in [0.717, 1.165) is 6.07 Å². The zero-order valence-electron chi connectivity index (χ0n) is 10.9. The standard InChI is InChI=1S/C14H8F3N3O2/c15-14(16,17)10-4-2-1-3-9(10)13-18-11-6-5-8(20(21)22)7-12(11)19-13/h1-7H,(H,18,19). The number of nitro benzene ring substituents is 1. The molecule has 0 fully saturated rings. The molecular formula is C14H8F3N3O2. The maximum absolute atomic E-state index is 13.0. The molecule has 0 aliphatic heterocycles. The number of hydrogen-bond acceptors (Lipinski definition) is 3. The van der Waals surface area contributed by atoms with Crippen molar-refractivity contribution in [3.05, 3.63) is 58.1 Å². The van der Waals surface area contributed by atoms with Crippen LogP contribution in [0.25, 0.3) is 22.4 Å². The van der Waals surface area contributed by atoms with Crippen molar-refractivity contribution in [2.75, 3.05) is 0 Å². The number of alkyl halides is 3. The van der Waals surface area contributed by atoms with Crippen molar-refractivity contribution in [2.45, 2.75) is 6.18 Å². The summed E-state index contributed by atoms with van der Waals surface area (Å²) < 4.78 is 39.1. The van der Waals surface area contributed by atoms with Crippen LogP contribution in [0.2, 0.25) is 0 Å². The van der Waals surface area contributed by atoms with Gasteiger partial charge in [-0.15, -0.1) is 0 Å². The van der Waals surface area contributed by atoms with Crippen molar-refractivity contribution in [3.63, 3.8) is 0 Å². The number of non-ortho nitro benzene ring substituents is 1. The van der Waals surface area contributed by atoms with E-state index in [1.54, 1.807) is 0 Å². The number of halogens is 3. The number of nitrogens with zero attached hydrogens (tertiary/aromatic N) is 2. The summed E-state index contributed by atoms with van der Waals surface area (Å²) >= 11 is 0. The number of H-pyrrole nitrogens is 1. The van der Waals surface area contributed by atoms with Crippen LogP contribution in [-0.4, -0.2) is 14.9 Å². The zero-order chi connectivity index (χ0) is 15.9. The van der Waals surface area contributed by atoms with Crippen molar-refractivity contribution < 1.29 is 18.1 Å². The van der Waals surface area contributed by atoms with Gasteiger partial charge in [0.25, 0.3) is 5.69 Å². The van der Waals surface area contributed by atoms with Crippen LogP contribution in [0.1, 0.15) is 5.56 Å². The van der Waals surface area contributed by atoms with Gasteiger partial charge in [-0.25, -0.2) is 4.98 Å². The Labute approximate surface area is 121 Å². The fraction of sp³-hybridized carbons (Fsp3) is 0.0714. The van der Waals surface area contributed by atoms with Gasteiger partial charge in [0, 0.05) is 17.7 Å². The van der Waals surface area contributed by atoms with Gasteiger partial charge in [0.2, 0.25) is 0 Å². The first-order chi connectivity index (χ1) is 10.4. The number of nitrogens with one attached hydrogen (secondary N) is 1. The molecule has 0 atom stereocenters. The number of benzene rings is 2. The van der Waals surface area contributed by atoms with Gasteiger partial charge in [-0.2, -0.15) is 13.2 Å². The molecule has 3 rings (SSSR count). The SMILES string of the molecule is O=[N+]([O-])c1ccc2nc(-c3ccccc3C(F)(F)F)[nH]c2c1. The lowest BCUT2D eigenvalue weighted by molar-refractivity contribution is -0.384. The summed E-state index contributed by atoms with van der Waals surface area (Å²) in [5, 5.41) is 10.7. The Bertz CT molecular complexity index is 871. The summed E-state index contributed by atoms with van der Waals surface area (Å²) in [5.41, 5.74) is -0.414. The second-order valence-electron chi connectivity index (χ2n) is 4.59. The molecule has 0 saturated heterocycles. The molecule has 0 bridgehead atoms. The minimum Gasteiger partial charge on any atom is -0.338 e. The van der Waals surface area contributed by atoms with Gasteiger partial charge in [-0.05, 0) is 12.1 Å². The van der Waals surface area contributed by atoms with Gasteiger partial charge in [-0.3, -0.25) is 10.1 Å². The number of imidazole rings is 1. The van der Waals surface area contributed by atoms with Crippen LogP contribution in [0.15, 0.2) is 42.5 Å². The lowest BCUT2D eigenvalue weighted by atomic mass is 10.1. The quantitative estimate of drug-likeness (QED) is 0.571. The second-order valence-corrected chi connectivity index (χ2v) is 4.59. The topological polar surface area (TPSA) is 71.8 Å². The molecule has 0 amide bonds. The van der Waals surface area contributed by atoms with Crippen molar-refractivity contribution in [2.24, 2.45) is 0 Å². The third kappa shape index (κ3) is 2.39. The second kappa shape index (κ2) is 4.83. The number of hydrogen-bond donors (Lipinski definition) is 1. The van der Waals surface area contributed by atoms with Gasteiger partial charge in [-0.1, -0.05) is 18.2 Å². The van der Waals surface area contributed by atoms with Crippen molar-refractivity contribution in [1.82, 2.24) is 9.97 Å². The molecular weight excluding hydrogens is 299 g/mol. The van der Waals surface area contributed by atoms with Crippen LogP contribution in [-0.2, 0) is 6.18 Å². The predicted octanol–water partition coefficient (Wildman–Crippen LogP) is 4.16. The first-order valence-electron chi connectivity index (χ1n) is 6.17. The van der Waals surface area contributed by atoms with E-state index in [-0.39, 0.29) is 17.1 Å². The monoisotopic (exact) mass is 307 g/mol. The maximum atomic E-state index is 13.0. The molecule has 0 saturated carbocycles. The van der Waals surface area contributed by atoms with Crippen LogP contribution in [0.4, 0.5) is 18.9 Å². The van der Waals surface area contributed by atoms with Gasteiger partial charge in [0.15, 0.2) is 0 Å². The van der Waals surface area contributed by atoms with Crippen LogP contribution in [0.3, 0.4) is 0 Å². The van der Waals surface area contributed by atoms with E-state index < -0.39 is 16.7 Å². The number of aromatic nitrogens is 2. The summed E-state index contributed by atoms with van der Waals surface area (Å²) in [6.45, 7) is 0. The normalized spacial score (nSPS) is 11.8. The summed E-state index contributed by atoms with van der Waals surface area (Å²) in [6, 6.07) is 8.91. The van der Waals surface area contributed by atoms with Gasteiger partial charge >= 0.3 is 6.18 Å². The molecule has 1 N–H and O–H groups in total. The fourth-order valence-corrected chi connectivity index (χ4v) is 2.18. The number of rotatable bonds is 2. The summed E-state index contributed by atoms with van der Waals surface area (Å²) in [6.07, 6.45) is -4.51. The average Bonchev–Trinajstić information content (AvgIpc) is 2.89. The minimum absolute atomic E-state index is 0.0171. The fourth-order valence-electron chi connectivity index (χ4n) is 2.18.